The van der Waals surface area contributed by atoms with Crippen molar-refractivity contribution in [1.29, 1.82) is 0 Å². The van der Waals surface area contributed by atoms with Crippen molar-refractivity contribution in [2.75, 3.05) is 13.7 Å². The van der Waals surface area contributed by atoms with Crippen molar-refractivity contribution in [1.82, 2.24) is 18.7 Å². The van der Waals surface area contributed by atoms with Crippen molar-refractivity contribution in [2.24, 2.45) is 5.92 Å². The summed E-state index contributed by atoms with van der Waals surface area (Å²) in [4.78, 5) is 31.4. The van der Waals surface area contributed by atoms with Gasteiger partial charge in [0.25, 0.3) is 5.56 Å². The highest BCUT2D eigenvalue weighted by Crippen LogP contribution is 2.23. The van der Waals surface area contributed by atoms with Crippen LogP contribution >= 0.6 is 0 Å². The molecule has 2 aromatic heterocycles. The van der Waals surface area contributed by atoms with E-state index in [1.807, 2.05) is 42.5 Å². The van der Waals surface area contributed by atoms with E-state index in [-0.39, 0.29) is 5.56 Å². The molecule has 8 nitrogen and oxygen atoms in total. The molecule has 0 unspecified atom stereocenters. The van der Waals surface area contributed by atoms with Gasteiger partial charge in [0.1, 0.15) is 18.1 Å². The highest BCUT2D eigenvalue weighted by molar-refractivity contribution is 5.73. The molecule has 0 fully saturated rings. The Bertz CT molecular complexity index is 1350. The van der Waals surface area contributed by atoms with Crippen LogP contribution in [0.4, 0.5) is 0 Å². The van der Waals surface area contributed by atoms with Gasteiger partial charge in [-0.25, -0.2) is 14.3 Å². The lowest BCUT2D eigenvalue weighted by Gasteiger charge is -2.15. The van der Waals surface area contributed by atoms with Gasteiger partial charge >= 0.3 is 5.69 Å². The molecule has 0 spiro atoms. The molecule has 0 aliphatic rings. The Morgan fingerprint density at radius 1 is 0.970 bits per heavy atom. The molecular formula is C25H28N4O4. The van der Waals surface area contributed by atoms with E-state index < -0.39 is 5.69 Å². The van der Waals surface area contributed by atoms with Crippen LogP contribution in [0.15, 0.2) is 70.5 Å². The van der Waals surface area contributed by atoms with E-state index >= 15 is 0 Å². The van der Waals surface area contributed by atoms with Crippen molar-refractivity contribution in [3.05, 3.63) is 81.8 Å². The molecule has 0 aliphatic heterocycles. The lowest BCUT2D eigenvalue weighted by Crippen LogP contribution is -2.40. The Hall–Kier alpha value is -3.81. The maximum absolute atomic E-state index is 13.5. The molecular weight excluding hydrogens is 420 g/mol. The molecule has 0 N–H and O–H groups in total. The molecule has 0 radical (unpaired) electrons. The van der Waals surface area contributed by atoms with Crippen LogP contribution in [0.3, 0.4) is 0 Å². The van der Waals surface area contributed by atoms with Gasteiger partial charge in [-0.2, -0.15) is 0 Å². The molecule has 0 atom stereocenters. The van der Waals surface area contributed by atoms with E-state index in [0.717, 1.165) is 5.75 Å². The summed E-state index contributed by atoms with van der Waals surface area (Å²) in [5.74, 6) is 1.62. The molecule has 0 saturated carbocycles. The summed E-state index contributed by atoms with van der Waals surface area (Å²) in [6.07, 6.45) is 2.29. The van der Waals surface area contributed by atoms with Crippen molar-refractivity contribution in [3.8, 4) is 17.2 Å². The molecule has 172 valence electrons. The number of methoxy groups -OCH3 is 1. The molecule has 33 heavy (non-hydrogen) atoms. The lowest BCUT2D eigenvalue weighted by atomic mass is 10.1. The zero-order valence-electron chi connectivity index (χ0n) is 19.1. The fraction of sp³-hybridized carbons (Fsp3) is 0.320. The maximum Gasteiger partial charge on any atom is 0.337 e. The highest BCUT2D eigenvalue weighted by atomic mass is 16.5. The van der Waals surface area contributed by atoms with Crippen LogP contribution in [-0.2, 0) is 13.1 Å². The number of ether oxygens (including phenoxy) is 2. The van der Waals surface area contributed by atoms with Gasteiger partial charge in [0.05, 0.1) is 25.7 Å². The predicted molar refractivity (Wildman–Crippen MR) is 128 cm³/mol. The van der Waals surface area contributed by atoms with E-state index in [1.165, 1.54) is 9.13 Å². The zero-order valence-corrected chi connectivity index (χ0v) is 19.1. The van der Waals surface area contributed by atoms with Crippen LogP contribution in [0.1, 0.15) is 20.3 Å². The third-order valence-electron chi connectivity index (χ3n) is 5.50. The molecule has 0 aliphatic carbocycles. The number of benzene rings is 2. The third kappa shape index (κ3) is 4.55. The Kier molecular flexibility index (Phi) is 6.63. The fourth-order valence-electron chi connectivity index (χ4n) is 3.74. The summed E-state index contributed by atoms with van der Waals surface area (Å²) in [6, 6.07) is 16.7. The van der Waals surface area contributed by atoms with Crippen LogP contribution in [-0.4, -0.2) is 32.4 Å². The summed E-state index contributed by atoms with van der Waals surface area (Å²) in [7, 11) is 1.55. The summed E-state index contributed by atoms with van der Waals surface area (Å²) < 4.78 is 15.8. The predicted octanol–water partition coefficient (Wildman–Crippen LogP) is 3.48. The monoisotopic (exact) mass is 448 g/mol. The van der Waals surface area contributed by atoms with Crippen LogP contribution in [0.2, 0.25) is 0 Å². The van der Waals surface area contributed by atoms with Gasteiger partial charge in [-0.05, 0) is 36.6 Å². The van der Waals surface area contributed by atoms with Gasteiger partial charge in [-0.3, -0.25) is 9.36 Å². The lowest BCUT2D eigenvalue weighted by molar-refractivity contribution is 0.300. The quantitative estimate of drug-likeness (QED) is 0.392. The van der Waals surface area contributed by atoms with E-state index in [1.54, 1.807) is 30.1 Å². The molecule has 8 heteroatoms. The van der Waals surface area contributed by atoms with Crippen LogP contribution in [0, 0.1) is 5.92 Å². The van der Waals surface area contributed by atoms with Gasteiger partial charge in [-0.15, -0.1) is 0 Å². The minimum atomic E-state index is -0.427. The number of hydrogen-bond acceptors (Lipinski definition) is 5. The first-order valence-electron chi connectivity index (χ1n) is 11.0. The topological polar surface area (TPSA) is 80.3 Å². The number of hydrogen-bond donors (Lipinski definition) is 0. The Morgan fingerprint density at radius 3 is 2.42 bits per heavy atom. The molecule has 0 bridgehead atoms. The van der Waals surface area contributed by atoms with Gasteiger partial charge in [-0.1, -0.05) is 44.2 Å². The van der Waals surface area contributed by atoms with Gasteiger partial charge in [0.15, 0.2) is 11.2 Å². The Balaban J connectivity index is 1.83. The molecule has 0 saturated heterocycles. The Labute approximate surface area is 191 Å². The average Bonchev–Trinajstić information content (AvgIpc) is 3.23. The van der Waals surface area contributed by atoms with E-state index in [9.17, 15) is 9.59 Å². The first-order valence-corrected chi connectivity index (χ1v) is 11.0. The largest absolute Gasteiger partial charge is 0.495 e. The second kappa shape index (κ2) is 9.77. The molecule has 4 rings (SSSR count). The fourth-order valence-corrected chi connectivity index (χ4v) is 3.74. The van der Waals surface area contributed by atoms with Crippen molar-refractivity contribution < 1.29 is 9.47 Å². The number of fused-ring (bicyclic) bond motifs is 1. The van der Waals surface area contributed by atoms with Gasteiger partial charge < -0.3 is 14.0 Å². The summed E-state index contributed by atoms with van der Waals surface area (Å²) in [5.41, 5.74) is 0.428. The second-order valence-corrected chi connectivity index (χ2v) is 8.20. The zero-order chi connectivity index (χ0) is 23.4. The number of imidazole rings is 1. The molecule has 2 heterocycles. The first kappa shape index (κ1) is 22.4. The van der Waals surface area contributed by atoms with Gasteiger partial charge in [0.2, 0.25) is 0 Å². The number of aromatic nitrogens is 4. The summed E-state index contributed by atoms with van der Waals surface area (Å²) >= 11 is 0. The first-order chi connectivity index (χ1) is 16.0. The number of rotatable bonds is 9. The second-order valence-electron chi connectivity index (χ2n) is 8.20. The van der Waals surface area contributed by atoms with E-state index in [0.29, 0.717) is 54.6 Å². The minimum Gasteiger partial charge on any atom is -0.495 e. The normalized spacial score (nSPS) is 11.3. The van der Waals surface area contributed by atoms with E-state index in [4.69, 9.17) is 9.47 Å². The summed E-state index contributed by atoms with van der Waals surface area (Å²) in [5, 5.41) is 0. The molecule has 4 aromatic rings. The SMILES string of the molecule is COc1ccccc1-n1c(=O)n(CCC(C)C)c(=O)c2c1ncn2CCOc1ccccc1. The van der Waals surface area contributed by atoms with Crippen LogP contribution in [0.25, 0.3) is 16.9 Å². The smallest absolute Gasteiger partial charge is 0.337 e. The average molecular weight is 449 g/mol. The highest BCUT2D eigenvalue weighted by Gasteiger charge is 2.21. The van der Waals surface area contributed by atoms with Crippen LogP contribution < -0.4 is 20.7 Å². The van der Waals surface area contributed by atoms with Crippen molar-refractivity contribution in [2.45, 2.75) is 33.4 Å². The number of nitrogens with zero attached hydrogens (tertiary/aromatic N) is 4. The van der Waals surface area contributed by atoms with Crippen molar-refractivity contribution >= 4 is 11.2 Å². The minimum absolute atomic E-state index is 0.301. The maximum atomic E-state index is 13.5. The van der Waals surface area contributed by atoms with Gasteiger partial charge in [0, 0.05) is 6.54 Å². The Morgan fingerprint density at radius 2 is 1.70 bits per heavy atom. The molecule has 2 aromatic carbocycles. The number of para-hydroxylation sites is 3. The summed E-state index contributed by atoms with van der Waals surface area (Å²) in [6.45, 7) is 5.22. The van der Waals surface area contributed by atoms with Crippen molar-refractivity contribution in [3.63, 3.8) is 0 Å². The molecule has 0 amide bonds. The van der Waals surface area contributed by atoms with Crippen LogP contribution in [0.5, 0.6) is 11.5 Å². The van der Waals surface area contributed by atoms with E-state index in [2.05, 4.69) is 18.8 Å². The standard InChI is InChI=1S/C25H28N4O4/c1-18(2)13-14-28-24(30)22-23(29(25(28)31)20-11-7-8-12-21(20)32-3)26-17-27(22)15-16-33-19-9-5-4-6-10-19/h4-12,17-18H,13-16H2,1-3H3. The third-order valence-corrected chi connectivity index (χ3v) is 5.50.